The van der Waals surface area contributed by atoms with Gasteiger partial charge in [-0.25, -0.2) is 13.1 Å². The van der Waals surface area contributed by atoms with Gasteiger partial charge in [-0.15, -0.1) is 11.6 Å². The molecule has 1 saturated carbocycles. The van der Waals surface area contributed by atoms with Crippen LogP contribution in [-0.4, -0.2) is 26.1 Å². The second-order valence-corrected chi connectivity index (χ2v) is 5.00. The largest absolute Gasteiger partial charge is 0.212 e. The third kappa shape index (κ3) is 3.94. The maximum Gasteiger partial charge on any atom is 0.211 e. The molecule has 0 heterocycles. The Morgan fingerprint density at radius 2 is 2.09 bits per heavy atom. The molecule has 0 aromatic rings. The van der Waals surface area contributed by atoms with Crippen molar-refractivity contribution in [1.82, 2.24) is 4.72 Å². The molecule has 0 radical (unpaired) electrons. The van der Waals surface area contributed by atoms with Crippen molar-refractivity contribution in [3.8, 4) is 0 Å². The molecule has 0 aromatic carbocycles. The summed E-state index contributed by atoms with van der Waals surface area (Å²) in [5.74, 6) is 0.568. The Labute approximate surface area is 72.2 Å². The number of hydrogen-bond donors (Lipinski definition) is 1. The summed E-state index contributed by atoms with van der Waals surface area (Å²) in [7, 11) is -3.01. The Hall–Kier alpha value is 0.200. The molecule has 5 heteroatoms. The summed E-state index contributed by atoms with van der Waals surface area (Å²) >= 11 is 5.37. The van der Waals surface area contributed by atoms with Gasteiger partial charge in [-0.05, 0) is 19.3 Å². The predicted molar refractivity (Wildman–Crippen MR) is 45.3 cm³/mol. The van der Waals surface area contributed by atoms with Gasteiger partial charge in [0.15, 0.2) is 0 Å². The van der Waals surface area contributed by atoms with Gasteiger partial charge in [0.1, 0.15) is 0 Å². The number of hydrogen-bond acceptors (Lipinski definition) is 2. The Balaban J connectivity index is 2.26. The van der Waals surface area contributed by atoms with Crippen LogP contribution in [0.5, 0.6) is 0 Å². The fraction of sp³-hybridized carbons (Fsp3) is 1.00. The molecule has 1 aliphatic carbocycles. The van der Waals surface area contributed by atoms with E-state index in [0.717, 1.165) is 12.8 Å². The zero-order valence-corrected chi connectivity index (χ0v) is 7.79. The van der Waals surface area contributed by atoms with Gasteiger partial charge >= 0.3 is 0 Å². The topological polar surface area (TPSA) is 46.2 Å². The second-order valence-electron chi connectivity index (χ2n) is 2.75. The summed E-state index contributed by atoms with van der Waals surface area (Å²) in [6.07, 6.45) is 2.50. The first kappa shape index (κ1) is 9.29. The summed E-state index contributed by atoms with van der Waals surface area (Å²) in [6.45, 7) is 0. The van der Waals surface area contributed by atoms with Gasteiger partial charge < -0.3 is 0 Å². The minimum Gasteiger partial charge on any atom is -0.212 e. The third-order valence-electron chi connectivity index (χ3n) is 1.47. The summed E-state index contributed by atoms with van der Waals surface area (Å²) in [6, 6.07) is 0.218. The molecule has 0 aliphatic heterocycles. The maximum absolute atomic E-state index is 11.1. The molecule has 0 amide bonds. The number of halogens is 1. The molecule has 0 saturated heterocycles. The van der Waals surface area contributed by atoms with E-state index in [2.05, 4.69) is 4.72 Å². The zero-order chi connectivity index (χ0) is 8.32. The molecule has 1 rings (SSSR count). The molecule has 0 bridgehead atoms. The van der Waals surface area contributed by atoms with E-state index in [1.54, 1.807) is 0 Å². The Morgan fingerprint density at radius 1 is 1.45 bits per heavy atom. The monoisotopic (exact) mass is 197 g/mol. The van der Waals surface area contributed by atoms with Crippen LogP contribution in [0.1, 0.15) is 19.3 Å². The van der Waals surface area contributed by atoms with Gasteiger partial charge in [0.05, 0.1) is 5.75 Å². The Kier molecular flexibility index (Phi) is 3.16. The van der Waals surface area contributed by atoms with Gasteiger partial charge in [0.25, 0.3) is 0 Å². The van der Waals surface area contributed by atoms with Gasteiger partial charge in [-0.1, -0.05) is 0 Å². The minimum atomic E-state index is -3.01. The molecule has 66 valence electrons. The molecule has 1 fully saturated rings. The average Bonchev–Trinajstić information content (AvgIpc) is 2.67. The van der Waals surface area contributed by atoms with Crippen molar-refractivity contribution >= 4 is 21.6 Å². The molecule has 11 heavy (non-hydrogen) atoms. The molecule has 1 aliphatic rings. The first-order valence-corrected chi connectivity index (χ1v) is 5.89. The van der Waals surface area contributed by atoms with E-state index in [0.29, 0.717) is 12.3 Å². The Bertz CT molecular complexity index is 211. The van der Waals surface area contributed by atoms with Crippen LogP contribution in [0.25, 0.3) is 0 Å². The lowest BCUT2D eigenvalue weighted by Crippen LogP contribution is -2.28. The number of rotatable bonds is 5. The highest BCUT2D eigenvalue weighted by molar-refractivity contribution is 7.89. The van der Waals surface area contributed by atoms with Crippen LogP contribution in [0.2, 0.25) is 0 Å². The van der Waals surface area contributed by atoms with Gasteiger partial charge in [-0.3, -0.25) is 0 Å². The van der Waals surface area contributed by atoms with E-state index < -0.39 is 10.0 Å². The molecule has 1 N–H and O–H groups in total. The van der Waals surface area contributed by atoms with Crippen molar-refractivity contribution < 1.29 is 8.42 Å². The fourth-order valence-electron chi connectivity index (χ4n) is 0.759. The predicted octanol–water partition coefficient (Wildman–Crippen LogP) is 0.697. The molecule has 0 unspecified atom stereocenters. The number of alkyl halides is 1. The van der Waals surface area contributed by atoms with E-state index in [9.17, 15) is 8.42 Å². The first-order valence-electron chi connectivity index (χ1n) is 3.70. The van der Waals surface area contributed by atoms with Crippen LogP contribution >= 0.6 is 11.6 Å². The van der Waals surface area contributed by atoms with Crippen LogP contribution in [0.3, 0.4) is 0 Å². The van der Waals surface area contributed by atoms with Crippen molar-refractivity contribution in [3.63, 3.8) is 0 Å². The summed E-state index contributed by atoms with van der Waals surface area (Å²) in [5, 5.41) is 0. The highest BCUT2D eigenvalue weighted by Gasteiger charge is 2.26. The van der Waals surface area contributed by atoms with Crippen LogP contribution in [0.15, 0.2) is 0 Å². The van der Waals surface area contributed by atoms with Gasteiger partial charge in [0, 0.05) is 11.9 Å². The number of sulfonamides is 1. The smallest absolute Gasteiger partial charge is 0.211 e. The first-order chi connectivity index (χ1) is 5.14. The van der Waals surface area contributed by atoms with Crippen molar-refractivity contribution in [3.05, 3.63) is 0 Å². The van der Waals surface area contributed by atoms with E-state index in [4.69, 9.17) is 11.6 Å². The molecule has 0 aromatic heterocycles. The highest BCUT2D eigenvalue weighted by Crippen LogP contribution is 2.19. The molecular weight excluding hydrogens is 186 g/mol. The lowest BCUT2D eigenvalue weighted by Gasteiger charge is -2.02. The fourth-order valence-corrected chi connectivity index (χ4v) is 2.44. The van der Waals surface area contributed by atoms with Gasteiger partial charge in [-0.2, -0.15) is 0 Å². The highest BCUT2D eigenvalue weighted by atomic mass is 35.5. The average molecular weight is 198 g/mol. The Morgan fingerprint density at radius 3 is 2.55 bits per heavy atom. The van der Waals surface area contributed by atoms with E-state index >= 15 is 0 Å². The molecule has 0 atom stereocenters. The van der Waals surface area contributed by atoms with Gasteiger partial charge in [0.2, 0.25) is 10.0 Å². The van der Waals surface area contributed by atoms with Crippen molar-refractivity contribution in [2.24, 2.45) is 0 Å². The molecular formula is C6H12ClNO2S. The molecule has 0 spiro atoms. The van der Waals surface area contributed by atoms with Crippen LogP contribution in [-0.2, 0) is 10.0 Å². The standard InChI is InChI=1S/C6H12ClNO2S/c7-4-1-5-11(9,10)8-6-2-3-6/h6,8H,1-5H2. The summed E-state index contributed by atoms with van der Waals surface area (Å²) in [5.41, 5.74) is 0. The lowest BCUT2D eigenvalue weighted by atomic mass is 10.6. The zero-order valence-electron chi connectivity index (χ0n) is 6.22. The second kappa shape index (κ2) is 3.74. The number of nitrogens with one attached hydrogen (secondary N) is 1. The van der Waals surface area contributed by atoms with Crippen molar-refractivity contribution in [1.29, 1.82) is 0 Å². The summed E-state index contributed by atoms with van der Waals surface area (Å²) < 4.78 is 24.7. The normalized spacial score (nSPS) is 18.6. The molecule has 3 nitrogen and oxygen atoms in total. The third-order valence-corrected chi connectivity index (χ3v) is 3.26. The summed E-state index contributed by atoms with van der Waals surface area (Å²) in [4.78, 5) is 0. The van der Waals surface area contributed by atoms with Crippen LogP contribution < -0.4 is 4.72 Å². The lowest BCUT2D eigenvalue weighted by molar-refractivity contribution is 0.580. The van der Waals surface area contributed by atoms with Crippen molar-refractivity contribution in [2.75, 3.05) is 11.6 Å². The maximum atomic E-state index is 11.1. The van der Waals surface area contributed by atoms with E-state index in [1.807, 2.05) is 0 Å². The van der Waals surface area contributed by atoms with Crippen molar-refractivity contribution in [2.45, 2.75) is 25.3 Å². The van der Waals surface area contributed by atoms with E-state index in [1.165, 1.54) is 0 Å². The minimum absolute atomic E-state index is 0.160. The quantitative estimate of drug-likeness (QED) is 0.660. The van der Waals surface area contributed by atoms with E-state index in [-0.39, 0.29) is 11.8 Å². The van der Waals surface area contributed by atoms with Crippen LogP contribution in [0, 0.1) is 0 Å². The SMILES string of the molecule is O=S(=O)(CCCCl)NC1CC1. The van der Waals surface area contributed by atoms with Crippen LogP contribution in [0.4, 0.5) is 0 Å².